The molecule has 0 aliphatic rings. The molecule has 1 aromatic rings. The molecule has 171 valence electrons. The lowest BCUT2D eigenvalue weighted by molar-refractivity contribution is 0.388. The smallest absolute Gasteiger partial charge is 0.122 e. The molecule has 0 aliphatic heterocycles. The number of phenolic OH excluding ortho intramolecular Hbond substituents is 1. The van der Waals surface area contributed by atoms with Crippen molar-refractivity contribution >= 4 is 0 Å². The molecule has 1 radical (unpaired) electrons. The Morgan fingerprint density at radius 3 is 1.90 bits per heavy atom. The molecule has 0 fully saturated rings. The SMILES string of the molecule is C=C(CCCC(C)CCCC(C)CCCC(C)C)CCc1c(C)[c]c(C)c(C)c1O. The van der Waals surface area contributed by atoms with E-state index in [9.17, 15) is 5.11 Å². The van der Waals surface area contributed by atoms with Crippen LogP contribution in [0.25, 0.3) is 0 Å². The number of rotatable bonds is 15. The van der Waals surface area contributed by atoms with Crippen LogP contribution in [0, 0.1) is 44.6 Å². The molecule has 0 aliphatic carbocycles. The number of aromatic hydroxyl groups is 1. The first-order valence-electron chi connectivity index (χ1n) is 12.5. The third kappa shape index (κ3) is 10.2. The first kappa shape index (κ1) is 26.8. The van der Waals surface area contributed by atoms with Crippen LogP contribution >= 0.6 is 0 Å². The molecule has 2 unspecified atom stereocenters. The van der Waals surface area contributed by atoms with Gasteiger partial charge < -0.3 is 5.11 Å². The first-order valence-corrected chi connectivity index (χ1v) is 12.5. The average Bonchev–Trinajstić information content (AvgIpc) is 2.65. The Balaban J connectivity index is 2.20. The second kappa shape index (κ2) is 13.9. The summed E-state index contributed by atoms with van der Waals surface area (Å²) >= 11 is 0. The lowest BCUT2D eigenvalue weighted by Crippen LogP contribution is -2.00. The van der Waals surface area contributed by atoms with Gasteiger partial charge in [0.25, 0.3) is 0 Å². The summed E-state index contributed by atoms with van der Waals surface area (Å²) in [5.74, 6) is 3.02. The predicted octanol–water partition coefficient (Wildman–Crippen LogP) is 9.05. The van der Waals surface area contributed by atoms with Crippen LogP contribution < -0.4 is 0 Å². The number of aryl methyl sites for hydroxylation is 2. The topological polar surface area (TPSA) is 20.2 Å². The molecule has 0 spiro atoms. The number of hydrogen-bond donors (Lipinski definition) is 1. The number of benzene rings is 1. The van der Waals surface area contributed by atoms with Crippen molar-refractivity contribution in [2.75, 3.05) is 0 Å². The molecule has 0 bridgehead atoms. The minimum absolute atomic E-state index is 0.462. The molecule has 0 amide bonds. The highest BCUT2D eigenvalue weighted by atomic mass is 16.3. The van der Waals surface area contributed by atoms with Crippen molar-refractivity contribution in [2.45, 2.75) is 119 Å². The van der Waals surface area contributed by atoms with E-state index < -0.39 is 0 Å². The highest BCUT2D eigenvalue weighted by molar-refractivity contribution is 5.48. The monoisotopic (exact) mass is 413 g/mol. The van der Waals surface area contributed by atoms with Gasteiger partial charge in [-0.05, 0) is 92.5 Å². The minimum Gasteiger partial charge on any atom is -0.507 e. The van der Waals surface area contributed by atoms with Gasteiger partial charge >= 0.3 is 0 Å². The molecular weight excluding hydrogens is 364 g/mol. The van der Waals surface area contributed by atoms with Gasteiger partial charge in [0.05, 0.1) is 0 Å². The van der Waals surface area contributed by atoms with Crippen LogP contribution in [0.2, 0.25) is 0 Å². The van der Waals surface area contributed by atoms with Crippen molar-refractivity contribution in [2.24, 2.45) is 17.8 Å². The van der Waals surface area contributed by atoms with Crippen LogP contribution in [0.1, 0.15) is 114 Å². The molecule has 1 aromatic carbocycles. The fourth-order valence-corrected chi connectivity index (χ4v) is 4.44. The van der Waals surface area contributed by atoms with Crippen molar-refractivity contribution in [3.8, 4) is 5.75 Å². The molecule has 0 saturated heterocycles. The third-order valence-electron chi connectivity index (χ3n) is 6.86. The number of phenols is 1. The van der Waals surface area contributed by atoms with Crippen LogP contribution in [0.4, 0.5) is 0 Å². The van der Waals surface area contributed by atoms with Crippen molar-refractivity contribution in [1.82, 2.24) is 0 Å². The van der Waals surface area contributed by atoms with Gasteiger partial charge in [-0.2, -0.15) is 0 Å². The molecular formula is C29H49O. The van der Waals surface area contributed by atoms with E-state index in [4.69, 9.17) is 0 Å². The standard InChI is InChI=1S/C29H49O/c1-21(2)12-9-13-22(3)14-10-15-23(4)16-11-17-24(5)18-19-28-26(7)20-25(6)27(8)29(28)30/h21-23,30H,5,9-19H2,1-4,6-8H3. The number of allylic oxidation sites excluding steroid dienone is 1. The first-order chi connectivity index (χ1) is 14.1. The molecule has 1 nitrogen and oxygen atoms in total. The zero-order valence-electron chi connectivity index (χ0n) is 21.2. The van der Waals surface area contributed by atoms with E-state index in [0.717, 1.165) is 59.3 Å². The molecule has 0 aromatic heterocycles. The normalized spacial score (nSPS) is 13.6. The molecule has 1 N–H and O–H groups in total. The Labute approximate surface area is 188 Å². The zero-order chi connectivity index (χ0) is 22.7. The molecule has 2 atom stereocenters. The minimum atomic E-state index is 0.462. The van der Waals surface area contributed by atoms with Crippen molar-refractivity contribution in [1.29, 1.82) is 0 Å². The lowest BCUT2D eigenvalue weighted by atomic mass is 9.91. The van der Waals surface area contributed by atoms with Crippen LogP contribution in [-0.4, -0.2) is 5.11 Å². The van der Waals surface area contributed by atoms with Crippen molar-refractivity contribution in [3.05, 3.63) is 40.5 Å². The highest BCUT2D eigenvalue weighted by Gasteiger charge is 2.12. The Bertz CT molecular complexity index is 640. The summed E-state index contributed by atoms with van der Waals surface area (Å²) < 4.78 is 0. The Morgan fingerprint density at radius 1 is 0.800 bits per heavy atom. The molecule has 1 rings (SSSR count). The maximum atomic E-state index is 10.5. The summed E-state index contributed by atoms with van der Waals surface area (Å²) in [6, 6.07) is 3.38. The van der Waals surface area contributed by atoms with E-state index in [-0.39, 0.29) is 0 Å². The van der Waals surface area contributed by atoms with Crippen LogP contribution in [0.3, 0.4) is 0 Å². The molecule has 30 heavy (non-hydrogen) atoms. The van der Waals surface area contributed by atoms with Crippen molar-refractivity contribution in [3.63, 3.8) is 0 Å². The summed E-state index contributed by atoms with van der Waals surface area (Å²) in [6.07, 6.45) is 13.8. The second-order valence-electron chi connectivity index (χ2n) is 10.4. The largest absolute Gasteiger partial charge is 0.507 e. The summed E-state index contributed by atoms with van der Waals surface area (Å²) in [6.45, 7) is 19.8. The van der Waals surface area contributed by atoms with Gasteiger partial charge in [-0.25, -0.2) is 0 Å². The van der Waals surface area contributed by atoms with E-state index >= 15 is 0 Å². The van der Waals surface area contributed by atoms with E-state index in [0.29, 0.717) is 5.75 Å². The molecule has 1 heteroatoms. The van der Waals surface area contributed by atoms with E-state index in [1.165, 1.54) is 56.9 Å². The van der Waals surface area contributed by atoms with Gasteiger partial charge in [0.1, 0.15) is 5.75 Å². The van der Waals surface area contributed by atoms with Gasteiger partial charge in [0.2, 0.25) is 0 Å². The average molecular weight is 414 g/mol. The predicted molar refractivity (Wildman–Crippen MR) is 133 cm³/mol. The molecule has 0 saturated carbocycles. The lowest BCUT2D eigenvalue weighted by Gasteiger charge is -2.16. The fraction of sp³-hybridized carbons (Fsp3) is 0.724. The third-order valence-corrected chi connectivity index (χ3v) is 6.86. The van der Waals surface area contributed by atoms with E-state index in [2.05, 4.69) is 47.3 Å². The summed E-state index contributed by atoms with van der Waals surface area (Å²) in [5.41, 5.74) is 5.46. The number of hydrogen-bond acceptors (Lipinski definition) is 1. The maximum Gasteiger partial charge on any atom is 0.122 e. The quantitative estimate of drug-likeness (QED) is 0.284. The summed E-state index contributed by atoms with van der Waals surface area (Å²) in [5, 5.41) is 10.5. The van der Waals surface area contributed by atoms with E-state index in [1.807, 2.05) is 13.8 Å². The van der Waals surface area contributed by atoms with E-state index in [1.54, 1.807) is 0 Å². The Morgan fingerprint density at radius 2 is 1.33 bits per heavy atom. The van der Waals surface area contributed by atoms with Gasteiger partial charge in [-0.3, -0.25) is 0 Å². The van der Waals surface area contributed by atoms with Crippen LogP contribution in [0.15, 0.2) is 12.2 Å². The van der Waals surface area contributed by atoms with Gasteiger partial charge in [0.15, 0.2) is 0 Å². The molecule has 0 heterocycles. The van der Waals surface area contributed by atoms with Gasteiger partial charge in [0, 0.05) is 0 Å². The van der Waals surface area contributed by atoms with Gasteiger partial charge in [-0.1, -0.05) is 84.8 Å². The Kier molecular flexibility index (Phi) is 12.5. The van der Waals surface area contributed by atoms with Crippen LogP contribution in [-0.2, 0) is 6.42 Å². The maximum absolute atomic E-state index is 10.5. The Hall–Kier alpha value is -1.24. The zero-order valence-corrected chi connectivity index (χ0v) is 21.2. The summed E-state index contributed by atoms with van der Waals surface area (Å²) in [7, 11) is 0. The fourth-order valence-electron chi connectivity index (χ4n) is 4.44. The summed E-state index contributed by atoms with van der Waals surface area (Å²) in [4.78, 5) is 0. The van der Waals surface area contributed by atoms with Crippen LogP contribution in [0.5, 0.6) is 5.75 Å². The second-order valence-corrected chi connectivity index (χ2v) is 10.4. The van der Waals surface area contributed by atoms with Gasteiger partial charge in [-0.15, -0.1) is 0 Å². The highest BCUT2D eigenvalue weighted by Crippen LogP contribution is 2.30. The van der Waals surface area contributed by atoms with Crippen molar-refractivity contribution < 1.29 is 5.11 Å².